The maximum atomic E-state index is 12.7. The minimum Gasteiger partial charge on any atom is -0.497 e. The molecule has 3 rings (SSSR count). The summed E-state index contributed by atoms with van der Waals surface area (Å²) in [5.41, 5.74) is 1.19. The summed E-state index contributed by atoms with van der Waals surface area (Å²) < 4.78 is 10.8. The van der Waals surface area contributed by atoms with Crippen LogP contribution in [0.15, 0.2) is 47.4 Å². The Hall–Kier alpha value is -2.97. The van der Waals surface area contributed by atoms with Gasteiger partial charge in [-0.15, -0.1) is 0 Å². The summed E-state index contributed by atoms with van der Waals surface area (Å²) >= 11 is 7.07. The largest absolute Gasteiger partial charge is 0.497 e. The highest BCUT2D eigenvalue weighted by Gasteiger charge is 2.36. The summed E-state index contributed by atoms with van der Waals surface area (Å²) in [4.78, 5) is 38.5. The number of hydrogen-bond acceptors (Lipinski definition) is 6. The molecule has 1 fully saturated rings. The van der Waals surface area contributed by atoms with Gasteiger partial charge in [0.15, 0.2) is 0 Å². The van der Waals surface area contributed by atoms with E-state index in [0.29, 0.717) is 27.8 Å². The highest BCUT2D eigenvalue weighted by molar-refractivity contribution is 8.18. The minimum atomic E-state index is -0.527. The van der Waals surface area contributed by atoms with Gasteiger partial charge in [-0.2, -0.15) is 0 Å². The van der Waals surface area contributed by atoms with E-state index < -0.39 is 17.1 Å². The molecule has 0 radical (unpaired) electrons. The molecule has 0 spiro atoms. The molecule has 3 amide bonds. The summed E-state index contributed by atoms with van der Waals surface area (Å²) in [7, 11) is 1.55. The summed E-state index contributed by atoms with van der Waals surface area (Å²) in [6.07, 6.45) is 2.45. The first-order chi connectivity index (χ1) is 15.3. The van der Waals surface area contributed by atoms with Gasteiger partial charge in [0.1, 0.15) is 18.0 Å². The lowest BCUT2D eigenvalue weighted by atomic mass is 10.2. The van der Waals surface area contributed by atoms with Gasteiger partial charge in [0.25, 0.3) is 11.1 Å². The van der Waals surface area contributed by atoms with Crippen molar-refractivity contribution in [2.75, 3.05) is 19.0 Å². The number of nitrogens with one attached hydrogen (secondary N) is 1. The number of carbonyl (C=O) groups is 3. The van der Waals surface area contributed by atoms with Gasteiger partial charge in [-0.3, -0.25) is 19.3 Å². The van der Waals surface area contributed by atoms with Gasteiger partial charge < -0.3 is 14.8 Å². The SMILES string of the molecule is CC[C@H](C)Oc1ccc(/C=C2/SC(=O)N(CC(=O)Nc3ccc(OC)cc3)C2=O)cc1Cl. The number of amides is 3. The molecule has 1 heterocycles. The van der Waals surface area contributed by atoms with E-state index in [4.69, 9.17) is 21.1 Å². The van der Waals surface area contributed by atoms with Crippen LogP contribution in [0.3, 0.4) is 0 Å². The lowest BCUT2D eigenvalue weighted by Gasteiger charge is -2.14. The normalized spacial score (nSPS) is 15.8. The molecule has 2 aromatic rings. The molecule has 9 heteroatoms. The number of carbonyl (C=O) groups excluding carboxylic acids is 3. The molecule has 1 N–H and O–H groups in total. The third-order valence-corrected chi connectivity index (χ3v) is 5.91. The van der Waals surface area contributed by atoms with Crippen LogP contribution in [0.5, 0.6) is 11.5 Å². The van der Waals surface area contributed by atoms with Crippen molar-refractivity contribution in [1.29, 1.82) is 0 Å². The van der Waals surface area contributed by atoms with Crippen LogP contribution < -0.4 is 14.8 Å². The summed E-state index contributed by atoms with van der Waals surface area (Å²) in [5, 5.41) is 2.57. The van der Waals surface area contributed by atoms with Crippen molar-refractivity contribution < 1.29 is 23.9 Å². The quantitative estimate of drug-likeness (QED) is 0.529. The van der Waals surface area contributed by atoms with Crippen molar-refractivity contribution >= 4 is 52.2 Å². The van der Waals surface area contributed by atoms with E-state index in [1.807, 2.05) is 13.8 Å². The van der Waals surface area contributed by atoms with Crippen LogP contribution in [0, 0.1) is 0 Å². The number of benzene rings is 2. The van der Waals surface area contributed by atoms with E-state index in [9.17, 15) is 14.4 Å². The highest BCUT2D eigenvalue weighted by atomic mass is 35.5. The molecule has 7 nitrogen and oxygen atoms in total. The number of methoxy groups -OCH3 is 1. The van der Waals surface area contributed by atoms with Gasteiger partial charge in [-0.25, -0.2) is 0 Å². The Bertz CT molecular complexity index is 1050. The number of rotatable bonds is 8. The molecular formula is C23H23ClN2O5S. The smallest absolute Gasteiger partial charge is 0.294 e. The fourth-order valence-electron chi connectivity index (χ4n) is 2.81. The first kappa shape index (κ1) is 23.7. The lowest BCUT2D eigenvalue weighted by Crippen LogP contribution is -2.36. The average Bonchev–Trinajstić information content (AvgIpc) is 3.03. The zero-order valence-corrected chi connectivity index (χ0v) is 19.5. The fourth-order valence-corrected chi connectivity index (χ4v) is 3.88. The molecule has 1 aliphatic rings. The van der Waals surface area contributed by atoms with Gasteiger partial charge >= 0.3 is 0 Å². The number of thioether (sulfide) groups is 1. The van der Waals surface area contributed by atoms with Gasteiger partial charge in [-0.1, -0.05) is 24.6 Å². The minimum absolute atomic E-state index is 0.0268. The van der Waals surface area contributed by atoms with Crippen LogP contribution in [0.1, 0.15) is 25.8 Å². The van der Waals surface area contributed by atoms with Crippen molar-refractivity contribution in [3.8, 4) is 11.5 Å². The Labute approximate surface area is 195 Å². The standard InChI is InChI=1S/C23H23ClN2O5S/c1-4-14(2)31-19-10-5-15(11-18(19)24)12-20-22(28)26(23(29)32-20)13-21(27)25-16-6-8-17(30-3)9-7-16/h5-12,14H,4,13H2,1-3H3,(H,25,27)/b20-12+/t14-/m0/s1. The number of anilines is 1. The van der Waals surface area contributed by atoms with Crippen molar-refractivity contribution in [2.24, 2.45) is 0 Å². The van der Waals surface area contributed by atoms with Gasteiger partial charge in [0.05, 0.1) is 23.1 Å². The Morgan fingerprint density at radius 2 is 1.94 bits per heavy atom. The molecule has 1 saturated heterocycles. The van der Waals surface area contributed by atoms with E-state index in [1.165, 1.54) is 0 Å². The topological polar surface area (TPSA) is 84.9 Å². The molecule has 168 valence electrons. The zero-order valence-electron chi connectivity index (χ0n) is 17.9. The second kappa shape index (κ2) is 10.6. The molecule has 32 heavy (non-hydrogen) atoms. The Kier molecular flexibility index (Phi) is 7.82. The predicted molar refractivity (Wildman–Crippen MR) is 126 cm³/mol. The first-order valence-electron chi connectivity index (χ1n) is 9.96. The Morgan fingerprint density at radius 1 is 1.22 bits per heavy atom. The zero-order chi connectivity index (χ0) is 23.3. The monoisotopic (exact) mass is 474 g/mol. The molecule has 0 aromatic heterocycles. The van der Waals surface area contributed by atoms with Crippen molar-refractivity contribution in [3.63, 3.8) is 0 Å². The number of nitrogens with zero attached hydrogens (tertiary/aromatic N) is 1. The average molecular weight is 475 g/mol. The molecule has 0 saturated carbocycles. The van der Waals surface area contributed by atoms with Crippen LogP contribution >= 0.6 is 23.4 Å². The van der Waals surface area contributed by atoms with E-state index in [2.05, 4.69) is 5.32 Å². The van der Waals surface area contributed by atoms with E-state index in [-0.39, 0.29) is 17.6 Å². The summed E-state index contributed by atoms with van der Waals surface area (Å²) in [5.74, 6) is 0.203. The van der Waals surface area contributed by atoms with Crippen LogP contribution in [-0.4, -0.2) is 41.7 Å². The predicted octanol–water partition coefficient (Wildman–Crippen LogP) is 5.20. The number of hydrogen-bond donors (Lipinski definition) is 1. The second-order valence-corrected chi connectivity index (χ2v) is 8.47. The fraction of sp³-hybridized carbons (Fsp3) is 0.261. The van der Waals surface area contributed by atoms with Crippen LogP contribution in [0.2, 0.25) is 5.02 Å². The van der Waals surface area contributed by atoms with Crippen LogP contribution in [0.4, 0.5) is 10.5 Å². The van der Waals surface area contributed by atoms with Crippen LogP contribution in [0.25, 0.3) is 6.08 Å². The third kappa shape index (κ3) is 5.83. The highest BCUT2D eigenvalue weighted by Crippen LogP contribution is 2.34. The Morgan fingerprint density at radius 3 is 2.56 bits per heavy atom. The molecule has 0 unspecified atom stereocenters. The molecule has 1 atom stereocenters. The molecule has 0 aliphatic carbocycles. The van der Waals surface area contributed by atoms with E-state index in [0.717, 1.165) is 23.1 Å². The summed E-state index contributed by atoms with van der Waals surface area (Å²) in [6.45, 7) is 3.59. The van der Waals surface area contributed by atoms with Crippen molar-refractivity contribution in [2.45, 2.75) is 26.4 Å². The Balaban J connectivity index is 1.66. The molecular weight excluding hydrogens is 452 g/mol. The van der Waals surface area contributed by atoms with Gasteiger partial charge in [0.2, 0.25) is 5.91 Å². The third-order valence-electron chi connectivity index (χ3n) is 4.71. The maximum absolute atomic E-state index is 12.7. The van der Waals surface area contributed by atoms with Crippen LogP contribution in [-0.2, 0) is 9.59 Å². The maximum Gasteiger partial charge on any atom is 0.294 e. The van der Waals surface area contributed by atoms with E-state index >= 15 is 0 Å². The van der Waals surface area contributed by atoms with E-state index in [1.54, 1.807) is 55.7 Å². The summed E-state index contributed by atoms with van der Waals surface area (Å²) in [6, 6.07) is 11.9. The number of ether oxygens (including phenoxy) is 2. The second-order valence-electron chi connectivity index (χ2n) is 7.07. The number of halogens is 1. The lowest BCUT2D eigenvalue weighted by molar-refractivity contribution is -0.127. The van der Waals surface area contributed by atoms with Crippen molar-refractivity contribution in [1.82, 2.24) is 4.90 Å². The molecule has 0 bridgehead atoms. The number of imide groups is 1. The molecule has 2 aromatic carbocycles. The van der Waals surface area contributed by atoms with Gasteiger partial charge in [-0.05, 0) is 73.1 Å². The first-order valence-corrected chi connectivity index (χ1v) is 11.2. The molecule has 1 aliphatic heterocycles. The van der Waals surface area contributed by atoms with Gasteiger partial charge in [0, 0.05) is 5.69 Å². The van der Waals surface area contributed by atoms with Crippen molar-refractivity contribution in [3.05, 3.63) is 58.0 Å².